The molecule has 0 fully saturated rings. The average Bonchev–Trinajstić information content (AvgIpc) is 3.23. The Kier molecular flexibility index (Phi) is 5.12. The molecule has 0 saturated carbocycles. The highest BCUT2D eigenvalue weighted by atomic mass is 16.5. The third kappa shape index (κ3) is 3.70. The zero-order valence-electron chi connectivity index (χ0n) is 16.5. The summed E-state index contributed by atoms with van der Waals surface area (Å²) in [7, 11) is 4.47. The van der Waals surface area contributed by atoms with E-state index in [-0.39, 0.29) is 17.7 Å². The van der Waals surface area contributed by atoms with E-state index in [1.54, 1.807) is 31.4 Å². The summed E-state index contributed by atoms with van der Waals surface area (Å²) in [6.07, 6.45) is 0. The quantitative estimate of drug-likeness (QED) is 0.501. The number of benzene rings is 1. The molecule has 1 amide bonds. The van der Waals surface area contributed by atoms with Crippen LogP contribution >= 0.6 is 0 Å². The number of nitrogens with zero attached hydrogens (tertiary/aromatic N) is 4. The molecule has 0 saturated heterocycles. The third-order valence-corrected chi connectivity index (χ3v) is 4.26. The van der Waals surface area contributed by atoms with Crippen LogP contribution in [0, 0.1) is 0 Å². The molecule has 0 unspecified atom stereocenters. The van der Waals surface area contributed by atoms with E-state index < -0.39 is 5.91 Å². The molecule has 2 N–H and O–H groups in total. The molecule has 10 heteroatoms. The molecule has 0 aliphatic rings. The van der Waals surface area contributed by atoms with Gasteiger partial charge in [-0.2, -0.15) is 9.97 Å². The lowest BCUT2D eigenvalue weighted by molar-refractivity contribution is 0.102. The molecule has 3 aromatic heterocycles. The van der Waals surface area contributed by atoms with Crippen molar-refractivity contribution in [1.29, 1.82) is 0 Å². The van der Waals surface area contributed by atoms with Crippen molar-refractivity contribution in [2.45, 2.75) is 0 Å². The second-order valence-corrected chi connectivity index (χ2v) is 6.08. The number of anilines is 1. The zero-order valence-corrected chi connectivity index (χ0v) is 16.5. The van der Waals surface area contributed by atoms with Crippen LogP contribution in [0.1, 0.15) is 10.4 Å². The van der Waals surface area contributed by atoms with Gasteiger partial charge in [-0.3, -0.25) is 10.1 Å². The summed E-state index contributed by atoms with van der Waals surface area (Å²) in [4.78, 5) is 33.3. The van der Waals surface area contributed by atoms with Gasteiger partial charge in [-0.15, -0.1) is 0 Å². The minimum atomic E-state index is -0.424. The number of amides is 1. The SMILES string of the molecule is COc1cccc(-c2nc3c(C(=O)Nc4nc(OC)cc(OC)n4)cccc3[nH]2)n1. The molecule has 152 valence electrons. The van der Waals surface area contributed by atoms with Crippen molar-refractivity contribution >= 4 is 22.9 Å². The first-order chi connectivity index (χ1) is 14.6. The maximum absolute atomic E-state index is 12.9. The number of ether oxygens (including phenoxy) is 3. The summed E-state index contributed by atoms with van der Waals surface area (Å²) in [6.45, 7) is 0. The van der Waals surface area contributed by atoms with E-state index in [0.717, 1.165) is 0 Å². The van der Waals surface area contributed by atoms with E-state index in [2.05, 4.69) is 30.2 Å². The normalized spacial score (nSPS) is 10.6. The number of nitrogens with one attached hydrogen (secondary N) is 2. The van der Waals surface area contributed by atoms with Crippen LogP contribution in [0.15, 0.2) is 42.5 Å². The van der Waals surface area contributed by atoms with Crippen LogP contribution in [0.5, 0.6) is 17.6 Å². The van der Waals surface area contributed by atoms with Crippen LogP contribution in [0.3, 0.4) is 0 Å². The van der Waals surface area contributed by atoms with Gasteiger partial charge >= 0.3 is 0 Å². The Morgan fingerprint density at radius 1 is 0.867 bits per heavy atom. The molecule has 30 heavy (non-hydrogen) atoms. The molecule has 10 nitrogen and oxygen atoms in total. The van der Waals surface area contributed by atoms with Gasteiger partial charge in [-0.05, 0) is 18.2 Å². The Balaban J connectivity index is 1.69. The number of hydrogen-bond acceptors (Lipinski definition) is 8. The van der Waals surface area contributed by atoms with Crippen LogP contribution in [0.25, 0.3) is 22.6 Å². The summed E-state index contributed by atoms with van der Waals surface area (Å²) in [5, 5.41) is 2.66. The third-order valence-electron chi connectivity index (χ3n) is 4.26. The van der Waals surface area contributed by atoms with Crippen molar-refractivity contribution in [1.82, 2.24) is 24.9 Å². The number of pyridine rings is 1. The van der Waals surface area contributed by atoms with Gasteiger partial charge in [0.05, 0.1) is 38.5 Å². The number of H-pyrrole nitrogens is 1. The van der Waals surface area contributed by atoms with Crippen LogP contribution in [-0.4, -0.2) is 52.2 Å². The number of para-hydroxylation sites is 1. The van der Waals surface area contributed by atoms with E-state index in [1.165, 1.54) is 20.3 Å². The van der Waals surface area contributed by atoms with Crippen LogP contribution in [0.2, 0.25) is 0 Å². The Hall–Kier alpha value is -4.21. The second-order valence-electron chi connectivity index (χ2n) is 6.08. The topological polar surface area (TPSA) is 124 Å². The Bertz CT molecular complexity index is 1200. The van der Waals surface area contributed by atoms with Gasteiger partial charge < -0.3 is 19.2 Å². The average molecular weight is 406 g/mol. The fourth-order valence-electron chi connectivity index (χ4n) is 2.83. The molecule has 0 aliphatic heterocycles. The Morgan fingerprint density at radius 3 is 2.27 bits per heavy atom. The molecular formula is C20H18N6O4. The fourth-order valence-corrected chi connectivity index (χ4v) is 2.83. The van der Waals surface area contributed by atoms with Gasteiger partial charge in [0.1, 0.15) is 11.2 Å². The highest BCUT2D eigenvalue weighted by molar-refractivity contribution is 6.11. The number of aromatic nitrogens is 5. The number of hydrogen-bond donors (Lipinski definition) is 2. The highest BCUT2D eigenvalue weighted by Gasteiger charge is 2.17. The number of aromatic amines is 1. The molecule has 4 rings (SSSR count). The standard InChI is InChI=1S/C20H18N6O4/c1-28-14-9-5-8-13(21-14)18-22-12-7-4-6-11(17(12)25-18)19(27)26-20-23-15(29-2)10-16(24-20)30-3/h4-10H,1-3H3,(H,22,25)(H,23,24,26,27). The molecule has 3 heterocycles. The maximum atomic E-state index is 12.9. The minimum Gasteiger partial charge on any atom is -0.481 e. The van der Waals surface area contributed by atoms with E-state index in [1.807, 2.05) is 12.1 Å². The number of imidazole rings is 1. The number of rotatable bonds is 6. The van der Waals surface area contributed by atoms with Crippen LogP contribution < -0.4 is 19.5 Å². The lowest BCUT2D eigenvalue weighted by Gasteiger charge is -2.08. The number of fused-ring (bicyclic) bond motifs is 1. The first kappa shape index (κ1) is 19.1. The predicted molar refractivity (Wildman–Crippen MR) is 109 cm³/mol. The number of methoxy groups -OCH3 is 3. The van der Waals surface area contributed by atoms with E-state index in [9.17, 15) is 4.79 Å². The van der Waals surface area contributed by atoms with Gasteiger partial charge in [-0.1, -0.05) is 12.1 Å². The summed E-state index contributed by atoms with van der Waals surface area (Å²) in [5.41, 5.74) is 2.12. The predicted octanol–water partition coefficient (Wildman–Crippen LogP) is 2.69. The van der Waals surface area contributed by atoms with Gasteiger partial charge in [0.2, 0.25) is 23.6 Å². The first-order valence-corrected chi connectivity index (χ1v) is 8.90. The van der Waals surface area contributed by atoms with Gasteiger partial charge in [0.25, 0.3) is 5.91 Å². The second kappa shape index (κ2) is 8.03. The van der Waals surface area contributed by atoms with Crippen molar-refractivity contribution in [3.63, 3.8) is 0 Å². The first-order valence-electron chi connectivity index (χ1n) is 8.90. The summed E-state index contributed by atoms with van der Waals surface area (Å²) >= 11 is 0. The summed E-state index contributed by atoms with van der Waals surface area (Å²) < 4.78 is 15.4. The molecule has 0 spiro atoms. The highest BCUT2D eigenvalue weighted by Crippen LogP contribution is 2.24. The molecule has 4 aromatic rings. The van der Waals surface area contributed by atoms with E-state index in [4.69, 9.17) is 14.2 Å². The largest absolute Gasteiger partial charge is 0.481 e. The molecule has 1 aromatic carbocycles. The monoisotopic (exact) mass is 406 g/mol. The van der Waals surface area contributed by atoms with E-state index >= 15 is 0 Å². The van der Waals surface area contributed by atoms with Crippen LogP contribution in [0.4, 0.5) is 5.95 Å². The molecular weight excluding hydrogens is 388 g/mol. The Morgan fingerprint density at radius 2 is 1.57 bits per heavy atom. The molecule has 0 radical (unpaired) electrons. The fraction of sp³-hybridized carbons (Fsp3) is 0.150. The smallest absolute Gasteiger partial charge is 0.260 e. The number of carbonyl (C=O) groups excluding carboxylic acids is 1. The number of carbonyl (C=O) groups is 1. The summed E-state index contributed by atoms with van der Waals surface area (Å²) in [5.74, 6) is 1.15. The van der Waals surface area contributed by atoms with Crippen molar-refractivity contribution < 1.29 is 19.0 Å². The van der Waals surface area contributed by atoms with E-state index in [0.29, 0.717) is 34.0 Å². The van der Waals surface area contributed by atoms with Gasteiger partial charge in [0.15, 0.2) is 5.82 Å². The maximum Gasteiger partial charge on any atom is 0.260 e. The van der Waals surface area contributed by atoms with Crippen molar-refractivity contribution in [3.05, 3.63) is 48.0 Å². The molecule has 0 aliphatic carbocycles. The molecule has 0 bridgehead atoms. The Labute approximate surface area is 171 Å². The van der Waals surface area contributed by atoms with Gasteiger partial charge in [-0.25, -0.2) is 9.97 Å². The lowest BCUT2D eigenvalue weighted by Crippen LogP contribution is -2.15. The zero-order chi connectivity index (χ0) is 21.1. The summed E-state index contributed by atoms with van der Waals surface area (Å²) in [6, 6.07) is 12.1. The van der Waals surface area contributed by atoms with Crippen molar-refractivity contribution in [2.24, 2.45) is 0 Å². The van der Waals surface area contributed by atoms with Gasteiger partial charge in [0, 0.05) is 6.07 Å². The minimum absolute atomic E-state index is 0.0541. The lowest BCUT2D eigenvalue weighted by atomic mass is 10.2. The van der Waals surface area contributed by atoms with Crippen molar-refractivity contribution in [3.8, 4) is 29.2 Å². The van der Waals surface area contributed by atoms with Crippen LogP contribution in [-0.2, 0) is 0 Å². The molecule has 0 atom stereocenters. The van der Waals surface area contributed by atoms with Crippen molar-refractivity contribution in [2.75, 3.05) is 26.6 Å².